The van der Waals surface area contributed by atoms with Crippen molar-refractivity contribution in [1.82, 2.24) is 19.9 Å². The number of benzene rings is 1. The molecule has 0 atom stereocenters. The smallest absolute Gasteiger partial charge is 0.138 e. The van der Waals surface area contributed by atoms with Crippen LogP contribution in [0.2, 0.25) is 0 Å². The van der Waals surface area contributed by atoms with E-state index in [0.29, 0.717) is 5.88 Å². The lowest BCUT2D eigenvalue weighted by Crippen LogP contribution is -2.27. The molecule has 0 saturated carbocycles. The molecule has 1 aromatic heterocycles. The molecule has 0 N–H and O–H groups in total. The van der Waals surface area contributed by atoms with Crippen molar-refractivity contribution in [3.63, 3.8) is 0 Å². The van der Waals surface area contributed by atoms with Gasteiger partial charge in [-0.3, -0.25) is 0 Å². The van der Waals surface area contributed by atoms with Crippen LogP contribution in [0, 0.1) is 0 Å². The van der Waals surface area contributed by atoms with Gasteiger partial charge >= 0.3 is 0 Å². The molecule has 0 bridgehead atoms. The number of thioether (sulfide) groups is 1. The summed E-state index contributed by atoms with van der Waals surface area (Å²) in [6, 6.07) is 7.95. The maximum absolute atomic E-state index is 5.40. The number of thiocarbonyl (C=S) groups is 1. The van der Waals surface area contributed by atoms with Crippen LogP contribution < -0.4 is 0 Å². The van der Waals surface area contributed by atoms with E-state index in [-0.39, 0.29) is 0 Å². The van der Waals surface area contributed by atoms with Crippen molar-refractivity contribution in [3.05, 3.63) is 24.3 Å². The van der Waals surface area contributed by atoms with E-state index in [9.17, 15) is 0 Å². The molecule has 0 amide bonds. The van der Waals surface area contributed by atoms with E-state index in [1.165, 1.54) is 0 Å². The molecule has 0 fully saturated rings. The third-order valence-electron chi connectivity index (χ3n) is 2.75. The monoisotopic (exact) mass is 280 g/mol. The van der Waals surface area contributed by atoms with E-state index in [4.69, 9.17) is 12.2 Å². The molecule has 0 aliphatic heterocycles. The van der Waals surface area contributed by atoms with Crippen molar-refractivity contribution in [2.75, 3.05) is 13.1 Å². The van der Waals surface area contributed by atoms with Crippen LogP contribution in [0.15, 0.2) is 24.3 Å². The zero-order valence-electron chi connectivity index (χ0n) is 10.5. The average Bonchev–Trinajstić information content (AvgIpc) is 2.81. The van der Waals surface area contributed by atoms with Gasteiger partial charge in [-0.05, 0) is 26.0 Å². The van der Waals surface area contributed by atoms with Crippen molar-refractivity contribution in [1.29, 1.82) is 0 Å². The Hall–Kier alpha value is -1.14. The summed E-state index contributed by atoms with van der Waals surface area (Å²) in [5, 5.41) is 8.27. The van der Waals surface area contributed by atoms with Gasteiger partial charge in [0.1, 0.15) is 9.84 Å². The maximum atomic E-state index is 5.40. The van der Waals surface area contributed by atoms with Crippen LogP contribution in [0.25, 0.3) is 11.0 Å². The van der Waals surface area contributed by atoms with Gasteiger partial charge in [0, 0.05) is 13.1 Å². The average molecular weight is 280 g/mol. The molecule has 0 spiro atoms. The number of para-hydroxylation sites is 1. The Morgan fingerprint density at radius 3 is 2.78 bits per heavy atom. The predicted molar refractivity (Wildman–Crippen MR) is 80.6 cm³/mol. The normalized spacial score (nSPS) is 10.8. The lowest BCUT2D eigenvalue weighted by Gasteiger charge is -2.20. The molecule has 1 aromatic carbocycles. The van der Waals surface area contributed by atoms with E-state index in [0.717, 1.165) is 28.4 Å². The van der Waals surface area contributed by atoms with Crippen molar-refractivity contribution < 1.29 is 0 Å². The Balaban J connectivity index is 2.04. The van der Waals surface area contributed by atoms with Crippen LogP contribution in [-0.2, 0) is 5.88 Å². The molecule has 2 aromatic rings. The first-order valence-corrected chi connectivity index (χ1v) is 7.35. The van der Waals surface area contributed by atoms with E-state index in [1.54, 1.807) is 11.8 Å². The van der Waals surface area contributed by atoms with Gasteiger partial charge in [0.25, 0.3) is 0 Å². The van der Waals surface area contributed by atoms with Crippen molar-refractivity contribution in [2.24, 2.45) is 0 Å². The summed E-state index contributed by atoms with van der Waals surface area (Å²) in [4.78, 5) is 2.17. The van der Waals surface area contributed by atoms with Crippen LogP contribution in [0.4, 0.5) is 0 Å². The molecule has 96 valence electrons. The van der Waals surface area contributed by atoms with E-state index >= 15 is 0 Å². The molecular weight excluding hydrogens is 264 g/mol. The number of rotatable bonds is 4. The second-order valence-corrected chi connectivity index (χ2v) is 5.37. The topological polar surface area (TPSA) is 34.0 Å². The van der Waals surface area contributed by atoms with Gasteiger partial charge in [0.05, 0.1) is 11.4 Å². The van der Waals surface area contributed by atoms with E-state index in [1.807, 2.05) is 28.9 Å². The highest BCUT2D eigenvalue weighted by Crippen LogP contribution is 2.16. The van der Waals surface area contributed by atoms with Crippen LogP contribution in [0.1, 0.15) is 13.8 Å². The first kappa shape index (κ1) is 13.3. The predicted octanol–water partition coefficient (Wildman–Crippen LogP) is 2.75. The van der Waals surface area contributed by atoms with Gasteiger partial charge in [-0.25, -0.2) is 4.68 Å². The van der Waals surface area contributed by atoms with Crippen molar-refractivity contribution in [2.45, 2.75) is 19.7 Å². The highest BCUT2D eigenvalue weighted by atomic mass is 32.2. The third kappa shape index (κ3) is 2.81. The second-order valence-electron chi connectivity index (χ2n) is 3.79. The fourth-order valence-corrected chi connectivity index (χ4v) is 2.98. The van der Waals surface area contributed by atoms with Gasteiger partial charge in [0.2, 0.25) is 0 Å². The number of nitrogens with zero attached hydrogens (tertiary/aromatic N) is 4. The molecule has 18 heavy (non-hydrogen) atoms. The first-order valence-electron chi connectivity index (χ1n) is 5.96. The van der Waals surface area contributed by atoms with Crippen LogP contribution in [-0.4, -0.2) is 37.3 Å². The highest BCUT2D eigenvalue weighted by molar-refractivity contribution is 8.22. The molecule has 2 rings (SSSR count). The quantitative estimate of drug-likeness (QED) is 0.804. The van der Waals surface area contributed by atoms with Crippen LogP contribution in [0.3, 0.4) is 0 Å². The molecule has 0 radical (unpaired) electrons. The summed E-state index contributed by atoms with van der Waals surface area (Å²) in [5.41, 5.74) is 1.97. The fraction of sp³-hybridized carbons (Fsp3) is 0.417. The Bertz CT molecular complexity index is 534. The summed E-state index contributed by atoms with van der Waals surface area (Å²) in [6.45, 7) is 6.11. The van der Waals surface area contributed by atoms with Crippen molar-refractivity contribution in [3.8, 4) is 0 Å². The summed E-state index contributed by atoms with van der Waals surface area (Å²) < 4.78 is 2.80. The molecule has 1 heterocycles. The van der Waals surface area contributed by atoms with E-state index in [2.05, 4.69) is 29.1 Å². The second kappa shape index (κ2) is 6.15. The van der Waals surface area contributed by atoms with Crippen LogP contribution in [0.5, 0.6) is 0 Å². The Morgan fingerprint density at radius 1 is 1.33 bits per heavy atom. The minimum absolute atomic E-state index is 0.704. The number of fused-ring (bicyclic) bond motifs is 1. The highest BCUT2D eigenvalue weighted by Gasteiger charge is 2.08. The summed E-state index contributed by atoms with van der Waals surface area (Å²) in [6.07, 6.45) is 0. The van der Waals surface area contributed by atoms with Crippen molar-refractivity contribution >= 4 is 39.3 Å². The van der Waals surface area contributed by atoms with Gasteiger partial charge in [-0.15, -0.1) is 5.10 Å². The Labute approximate surface area is 116 Å². The van der Waals surface area contributed by atoms with Crippen LogP contribution >= 0.6 is 24.0 Å². The molecule has 0 aliphatic carbocycles. The van der Waals surface area contributed by atoms with Gasteiger partial charge in [0.15, 0.2) is 0 Å². The summed E-state index contributed by atoms with van der Waals surface area (Å²) in [7, 11) is 0. The molecule has 4 nitrogen and oxygen atoms in total. The maximum Gasteiger partial charge on any atom is 0.138 e. The molecule has 0 unspecified atom stereocenters. The molecule has 6 heteroatoms. The molecular formula is C12H16N4S2. The van der Waals surface area contributed by atoms with Gasteiger partial charge in [-0.2, -0.15) is 0 Å². The standard InChI is InChI=1S/C12H16N4S2/c1-3-15(4-2)12(17)18-9-16-11-8-6-5-7-10(11)13-14-16/h5-8H,3-4,9H2,1-2H3. The molecule has 0 aliphatic rings. The number of hydrogen-bond acceptors (Lipinski definition) is 4. The lowest BCUT2D eigenvalue weighted by molar-refractivity contribution is 0.482. The minimum Gasteiger partial charge on any atom is -0.358 e. The first-order chi connectivity index (χ1) is 8.76. The van der Waals surface area contributed by atoms with Gasteiger partial charge in [-0.1, -0.05) is 41.3 Å². The summed E-state index contributed by atoms with van der Waals surface area (Å²) in [5.74, 6) is 0.704. The van der Waals surface area contributed by atoms with Gasteiger partial charge < -0.3 is 4.90 Å². The Kier molecular flexibility index (Phi) is 4.54. The third-order valence-corrected chi connectivity index (χ3v) is 4.24. The lowest BCUT2D eigenvalue weighted by atomic mass is 10.3. The van der Waals surface area contributed by atoms with E-state index < -0.39 is 0 Å². The largest absolute Gasteiger partial charge is 0.358 e. The number of aromatic nitrogens is 3. The zero-order chi connectivity index (χ0) is 13.0. The SMILES string of the molecule is CCN(CC)C(=S)SCn1nnc2ccccc21. The Morgan fingerprint density at radius 2 is 2.06 bits per heavy atom. The zero-order valence-corrected chi connectivity index (χ0v) is 12.2. The minimum atomic E-state index is 0.704. The molecule has 0 saturated heterocycles. The number of hydrogen-bond donors (Lipinski definition) is 0. The summed E-state index contributed by atoms with van der Waals surface area (Å²) >= 11 is 7.02. The fourth-order valence-electron chi connectivity index (χ4n) is 1.70.